The van der Waals surface area contributed by atoms with Crippen LogP contribution >= 0.6 is 0 Å². The molecule has 1 N–H and O–H groups in total. The molecule has 190 valence electrons. The summed E-state index contributed by atoms with van der Waals surface area (Å²) < 4.78 is 48.0. The van der Waals surface area contributed by atoms with Gasteiger partial charge in [-0.25, -0.2) is 19.7 Å². The predicted molar refractivity (Wildman–Crippen MR) is 128 cm³/mol. The standard InChI is InChI=1S/C24H26F3N7O2/c1-3-36-23(35)33-10-8-16(9-11-33)29-22-30-17-6-4-5-7-18(17)34(22)14-15-12-19-20(28-13-15)31-21(32(19)2)24(25,26)27/h4-7,12-13,16H,3,8-11,14H2,1-2H3,(H,29,30). The van der Waals surface area contributed by atoms with Gasteiger partial charge in [-0.1, -0.05) is 12.1 Å². The maximum Gasteiger partial charge on any atom is 0.449 e. The number of ether oxygens (including phenoxy) is 1. The Kier molecular flexibility index (Phi) is 6.19. The molecule has 1 aliphatic heterocycles. The van der Waals surface area contributed by atoms with E-state index in [1.807, 2.05) is 28.8 Å². The second-order valence-corrected chi connectivity index (χ2v) is 8.79. The predicted octanol–water partition coefficient (Wildman–Crippen LogP) is 4.42. The number of carbonyl (C=O) groups is 1. The van der Waals surface area contributed by atoms with Crippen molar-refractivity contribution in [1.29, 1.82) is 0 Å². The monoisotopic (exact) mass is 501 g/mol. The van der Waals surface area contributed by atoms with E-state index in [2.05, 4.69) is 15.3 Å². The number of halogens is 3. The molecule has 4 aromatic rings. The van der Waals surface area contributed by atoms with Crippen molar-refractivity contribution in [3.8, 4) is 0 Å². The Morgan fingerprint density at radius 1 is 1.17 bits per heavy atom. The Balaban J connectivity index is 1.41. The molecular formula is C24H26F3N7O2. The number of aryl methyl sites for hydroxylation is 1. The zero-order chi connectivity index (χ0) is 25.4. The zero-order valence-corrected chi connectivity index (χ0v) is 19.9. The number of nitrogens with zero attached hydrogens (tertiary/aromatic N) is 6. The molecule has 1 aliphatic rings. The molecule has 1 amide bonds. The molecule has 1 aromatic carbocycles. The van der Waals surface area contributed by atoms with Crippen LogP contribution in [0.5, 0.6) is 0 Å². The van der Waals surface area contributed by atoms with Crippen LogP contribution in [-0.4, -0.2) is 60.8 Å². The molecule has 36 heavy (non-hydrogen) atoms. The quantitative estimate of drug-likeness (QED) is 0.436. The number of pyridine rings is 1. The number of hydrogen-bond donors (Lipinski definition) is 1. The van der Waals surface area contributed by atoms with Gasteiger partial charge in [-0.2, -0.15) is 13.2 Å². The van der Waals surface area contributed by atoms with E-state index in [4.69, 9.17) is 9.72 Å². The van der Waals surface area contributed by atoms with Gasteiger partial charge >= 0.3 is 12.3 Å². The van der Waals surface area contributed by atoms with Gasteiger partial charge in [-0.3, -0.25) is 0 Å². The van der Waals surface area contributed by atoms with Gasteiger partial charge in [-0.05, 0) is 43.5 Å². The molecule has 5 rings (SSSR count). The minimum Gasteiger partial charge on any atom is -0.450 e. The molecule has 0 saturated carbocycles. The number of para-hydroxylation sites is 2. The van der Waals surface area contributed by atoms with Gasteiger partial charge < -0.3 is 24.1 Å². The number of imidazole rings is 2. The SMILES string of the molecule is CCOC(=O)N1CCC(Nc2nc3ccccc3n2Cc2cnc3nc(C(F)(F)F)n(C)c3c2)CC1. The summed E-state index contributed by atoms with van der Waals surface area (Å²) in [5, 5.41) is 3.51. The molecule has 0 atom stereocenters. The molecule has 0 aliphatic carbocycles. The Labute approximate surface area is 204 Å². The summed E-state index contributed by atoms with van der Waals surface area (Å²) >= 11 is 0. The highest BCUT2D eigenvalue weighted by Gasteiger charge is 2.37. The van der Waals surface area contributed by atoms with E-state index in [0.29, 0.717) is 37.7 Å². The third kappa shape index (κ3) is 4.54. The first-order valence-corrected chi connectivity index (χ1v) is 11.8. The molecule has 0 bridgehead atoms. The summed E-state index contributed by atoms with van der Waals surface area (Å²) in [6.45, 7) is 3.66. The minimum atomic E-state index is -4.56. The number of likely N-dealkylation sites (tertiary alicyclic amines) is 1. The summed E-state index contributed by atoms with van der Waals surface area (Å²) in [6, 6.07) is 9.48. The number of nitrogens with one attached hydrogen (secondary N) is 1. The highest BCUT2D eigenvalue weighted by atomic mass is 19.4. The van der Waals surface area contributed by atoms with Crippen molar-refractivity contribution < 1.29 is 22.7 Å². The van der Waals surface area contributed by atoms with Crippen LogP contribution in [0.2, 0.25) is 0 Å². The normalized spacial score (nSPS) is 15.1. The second-order valence-electron chi connectivity index (χ2n) is 8.79. The van der Waals surface area contributed by atoms with E-state index in [9.17, 15) is 18.0 Å². The largest absolute Gasteiger partial charge is 0.450 e. The van der Waals surface area contributed by atoms with Gasteiger partial charge in [0.05, 0.1) is 29.7 Å². The molecular weight excluding hydrogens is 475 g/mol. The third-order valence-electron chi connectivity index (χ3n) is 6.40. The molecule has 0 spiro atoms. The van der Waals surface area contributed by atoms with Crippen LogP contribution in [0, 0.1) is 0 Å². The van der Waals surface area contributed by atoms with Crippen molar-refractivity contribution in [3.63, 3.8) is 0 Å². The number of benzene rings is 1. The lowest BCUT2D eigenvalue weighted by Crippen LogP contribution is -2.42. The van der Waals surface area contributed by atoms with Crippen LogP contribution in [0.25, 0.3) is 22.2 Å². The van der Waals surface area contributed by atoms with Crippen LogP contribution in [0.15, 0.2) is 36.5 Å². The number of hydrogen-bond acceptors (Lipinski definition) is 6. The molecule has 3 aromatic heterocycles. The van der Waals surface area contributed by atoms with Crippen LogP contribution in [0.4, 0.5) is 23.9 Å². The van der Waals surface area contributed by atoms with Crippen molar-refractivity contribution in [2.75, 3.05) is 25.0 Å². The lowest BCUT2D eigenvalue weighted by atomic mass is 10.1. The number of alkyl halides is 3. The summed E-state index contributed by atoms with van der Waals surface area (Å²) in [5.41, 5.74) is 2.78. The maximum atomic E-state index is 13.3. The van der Waals surface area contributed by atoms with E-state index < -0.39 is 12.0 Å². The van der Waals surface area contributed by atoms with Crippen molar-refractivity contribution in [3.05, 3.63) is 47.9 Å². The van der Waals surface area contributed by atoms with E-state index in [-0.39, 0.29) is 17.8 Å². The Bertz CT molecular complexity index is 1400. The maximum absolute atomic E-state index is 13.3. The van der Waals surface area contributed by atoms with Gasteiger partial charge in [0.1, 0.15) is 0 Å². The van der Waals surface area contributed by atoms with E-state index >= 15 is 0 Å². The summed E-state index contributed by atoms with van der Waals surface area (Å²) in [5.74, 6) is -0.321. The summed E-state index contributed by atoms with van der Waals surface area (Å²) in [6.07, 6.45) is -1.83. The number of fused-ring (bicyclic) bond motifs is 2. The number of piperidine rings is 1. The fourth-order valence-electron chi connectivity index (χ4n) is 4.58. The third-order valence-corrected chi connectivity index (χ3v) is 6.40. The van der Waals surface area contributed by atoms with Crippen LogP contribution < -0.4 is 5.32 Å². The lowest BCUT2D eigenvalue weighted by Gasteiger charge is -2.31. The molecule has 9 nitrogen and oxygen atoms in total. The van der Waals surface area contributed by atoms with Crippen LogP contribution in [-0.2, 0) is 24.5 Å². The molecule has 1 fully saturated rings. The van der Waals surface area contributed by atoms with Gasteiger partial charge in [0.15, 0.2) is 5.65 Å². The van der Waals surface area contributed by atoms with E-state index in [0.717, 1.165) is 34.0 Å². The number of aromatic nitrogens is 5. The Hall–Kier alpha value is -3.83. The molecule has 12 heteroatoms. The lowest BCUT2D eigenvalue weighted by molar-refractivity contribution is -0.146. The molecule has 4 heterocycles. The number of anilines is 1. The first kappa shape index (κ1) is 23.9. The van der Waals surface area contributed by atoms with Crippen molar-refractivity contribution in [2.24, 2.45) is 7.05 Å². The van der Waals surface area contributed by atoms with E-state index in [1.54, 1.807) is 24.1 Å². The van der Waals surface area contributed by atoms with E-state index in [1.165, 1.54) is 7.05 Å². The average Bonchev–Trinajstić information content (AvgIpc) is 3.37. The van der Waals surface area contributed by atoms with Crippen molar-refractivity contribution in [1.82, 2.24) is 29.0 Å². The minimum absolute atomic E-state index is 0.0516. The van der Waals surface area contributed by atoms with Crippen LogP contribution in [0.3, 0.4) is 0 Å². The Morgan fingerprint density at radius 3 is 2.64 bits per heavy atom. The molecule has 1 saturated heterocycles. The molecule has 0 radical (unpaired) electrons. The van der Waals surface area contributed by atoms with Crippen molar-refractivity contribution in [2.45, 2.75) is 38.5 Å². The van der Waals surface area contributed by atoms with Gasteiger partial charge in [0.25, 0.3) is 0 Å². The number of rotatable bonds is 5. The summed E-state index contributed by atoms with van der Waals surface area (Å²) in [4.78, 5) is 26.3. The van der Waals surface area contributed by atoms with Crippen LogP contribution in [0.1, 0.15) is 31.2 Å². The topological polar surface area (TPSA) is 90.1 Å². The highest BCUT2D eigenvalue weighted by molar-refractivity contribution is 5.79. The first-order valence-electron chi connectivity index (χ1n) is 11.8. The number of carbonyl (C=O) groups excluding carboxylic acids is 1. The fourth-order valence-corrected chi connectivity index (χ4v) is 4.58. The number of amides is 1. The highest BCUT2D eigenvalue weighted by Crippen LogP contribution is 2.31. The van der Waals surface area contributed by atoms with Gasteiger partial charge in [0.2, 0.25) is 11.8 Å². The summed E-state index contributed by atoms with van der Waals surface area (Å²) in [7, 11) is 1.34. The Morgan fingerprint density at radius 2 is 1.92 bits per heavy atom. The fraction of sp³-hybridized carbons (Fsp3) is 0.417. The molecule has 0 unspecified atom stereocenters. The second kappa shape index (κ2) is 9.32. The average molecular weight is 502 g/mol. The van der Waals surface area contributed by atoms with Gasteiger partial charge in [-0.15, -0.1) is 0 Å². The first-order chi connectivity index (χ1) is 17.2. The zero-order valence-electron chi connectivity index (χ0n) is 19.9. The smallest absolute Gasteiger partial charge is 0.449 e. The van der Waals surface area contributed by atoms with Gasteiger partial charge in [0, 0.05) is 32.4 Å². The van der Waals surface area contributed by atoms with Crippen molar-refractivity contribution >= 4 is 34.2 Å².